The van der Waals surface area contributed by atoms with Gasteiger partial charge in [0.2, 0.25) is 0 Å². The molecule has 4 heteroatoms. The summed E-state index contributed by atoms with van der Waals surface area (Å²) < 4.78 is 1.11. The van der Waals surface area contributed by atoms with Crippen LogP contribution in [0.5, 0.6) is 0 Å². The zero-order chi connectivity index (χ0) is 14.5. The van der Waals surface area contributed by atoms with Crippen LogP contribution in [0, 0.1) is 0 Å². The summed E-state index contributed by atoms with van der Waals surface area (Å²) in [6.07, 6.45) is 3.68. The predicted molar refractivity (Wildman–Crippen MR) is 88.8 cm³/mol. The monoisotopic (exact) mass is 339 g/mol. The third-order valence-corrected chi connectivity index (χ3v) is 4.84. The van der Waals surface area contributed by atoms with Gasteiger partial charge in [0.25, 0.3) is 0 Å². The molecule has 1 aliphatic heterocycles. The minimum atomic E-state index is 0.131. The molecule has 2 unspecified atom stereocenters. The Labute approximate surface area is 131 Å². The highest BCUT2D eigenvalue weighted by Crippen LogP contribution is 2.19. The Morgan fingerprint density at radius 1 is 1.40 bits per heavy atom. The van der Waals surface area contributed by atoms with Gasteiger partial charge >= 0.3 is 0 Å². The van der Waals surface area contributed by atoms with Crippen LogP contribution in [-0.2, 0) is 0 Å². The first-order valence-corrected chi connectivity index (χ1v) is 8.25. The lowest BCUT2D eigenvalue weighted by atomic mass is 10.0. The van der Waals surface area contributed by atoms with Gasteiger partial charge in [-0.05, 0) is 64.1 Å². The minimum absolute atomic E-state index is 0.131. The van der Waals surface area contributed by atoms with Gasteiger partial charge < -0.3 is 15.5 Å². The maximum absolute atomic E-state index is 6.28. The highest BCUT2D eigenvalue weighted by Gasteiger charge is 2.22. The number of nitrogens with two attached hydrogens (primary N) is 1. The Bertz CT molecular complexity index is 407. The maximum Gasteiger partial charge on any atom is 0.0307 e. The molecular formula is C16H26BrN3. The number of likely N-dealkylation sites (N-methyl/N-ethyl adjacent to an activating group) is 2. The second-order valence-electron chi connectivity index (χ2n) is 5.99. The summed E-state index contributed by atoms with van der Waals surface area (Å²) >= 11 is 3.46. The van der Waals surface area contributed by atoms with Crippen LogP contribution in [0.1, 0.15) is 30.9 Å². The molecule has 1 saturated heterocycles. The molecule has 2 N–H and O–H groups in total. The van der Waals surface area contributed by atoms with Crippen molar-refractivity contribution in [2.45, 2.75) is 31.3 Å². The van der Waals surface area contributed by atoms with Crippen LogP contribution in [0.3, 0.4) is 0 Å². The lowest BCUT2D eigenvalue weighted by Crippen LogP contribution is -2.37. The number of hydrogen-bond donors (Lipinski definition) is 1. The maximum atomic E-state index is 6.28. The SMILES string of the molecule is CN(CCC(N)c1ccc(Br)cc1)CC1CCCN1C. The van der Waals surface area contributed by atoms with Crippen LogP contribution in [0.25, 0.3) is 0 Å². The number of likely N-dealkylation sites (tertiary alicyclic amines) is 1. The van der Waals surface area contributed by atoms with Crippen molar-refractivity contribution in [3.05, 3.63) is 34.3 Å². The van der Waals surface area contributed by atoms with Gasteiger partial charge in [0.05, 0.1) is 0 Å². The molecular weight excluding hydrogens is 314 g/mol. The first kappa shape index (κ1) is 16.0. The third kappa shape index (κ3) is 4.55. The second-order valence-corrected chi connectivity index (χ2v) is 6.90. The van der Waals surface area contributed by atoms with E-state index in [4.69, 9.17) is 5.73 Å². The van der Waals surface area contributed by atoms with Crippen molar-refractivity contribution >= 4 is 15.9 Å². The molecule has 112 valence electrons. The molecule has 0 spiro atoms. The molecule has 1 fully saturated rings. The van der Waals surface area contributed by atoms with E-state index in [1.54, 1.807) is 0 Å². The van der Waals surface area contributed by atoms with E-state index in [0.29, 0.717) is 0 Å². The van der Waals surface area contributed by atoms with Crippen LogP contribution < -0.4 is 5.73 Å². The van der Waals surface area contributed by atoms with Crippen molar-refractivity contribution in [2.75, 3.05) is 33.7 Å². The quantitative estimate of drug-likeness (QED) is 0.864. The van der Waals surface area contributed by atoms with Crippen molar-refractivity contribution < 1.29 is 0 Å². The highest BCUT2D eigenvalue weighted by atomic mass is 79.9. The molecule has 20 heavy (non-hydrogen) atoms. The number of rotatable bonds is 6. The molecule has 3 nitrogen and oxygen atoms in total. The molecule has 1 aromatic rings. The highest BCUT2D eigenvalue weighted by molar-refractivity contribution is 9.10. The first-order valence-electron chi connectivity index (χ1n) is 7.46. The smallest absolute Gasteiger partial charge is 0.0307 e. The van der Waals surface area contributed by atoms with E-state index in [0.717, 1.165) is 30.0 Å². The van der Waals surface area contributed by atoms with Gasteiger partial charge in [-0.15, -0.1) is 0 Å². The molecule has 1 aliphatic rings. The minimum Gasteiger partial charge on any atom is -0.324 e. The second kappa shape index (κ2) is 7.55. The molecule has 0 saturated carbocycles. The van der Waals surface area contributed by atoms with Crippen molar-refractivity contribution in [3.8, 4) is 0 Å². The fourth-order valence-electron chi connectivity index (χ4n) is 2.90. The Morgan fingerprint density at radius 2 is 2.10 bits per heavy atom. The Kier molecular flexibility index (Phi) is 6.02. The summed E-state index contributed by atoms with van der Waals surface area (Å²) in [5, 5.41) is 0. The van der Waals surface area contributed by atoms with Crippen molar-refractivity contribution in [1.82, 2.24) is 9.80 Å². The van der Waals surface area contributed by atoms with E-state index in [2.05, 4.69) is 64.1 Å². The molecule has 2 rings (SSSR count). The largest absolute Gasteiger partial charge is 0.324 e. The lowest BCUT2D eigenvalue weighted by molar-refractivity contribution is 0.216. The van der Waals surface area contributed by atoms with Crippen LogP contribution in [0.4, 0.5) is 0 Å². The van der Waals surface area contributed by atoms with Gasteiger partial charge in [-0.3, -0.25) is 0 Å². The predicted octanol–water partition coefficient (Wildman–Crippen LogP) is 2.87. The standard InChI is InChI=1S/C16H26BrN3/c1-19(12-15-4-3-10-20(15)2)11-9-16(18)13-5-7-14(17)8-6-13/h5-8,15-16H,3-4,9-12,18H2,1-2H3. The van der Waals surface area contributed by atoms with Gasteiger partial charge in [-0.1, -0.05) is 28.1 Å². The van der Waals surface area contributed by atoms with Gasteiger partial charge in [0, 0.05) is 23.1 Å². The number of benzene rings is 1. The molecule has 1 aromatic carbocycles. The van der Waals surface area contributed by atoms with E-state index in [-0.39, 0.29) is 6.04 Å². The lowest BCUT2D eigenvalue weighted by Gasteiger charge is -2.26. The molecule has 0 bridgehead atoms. The van der Waals surface area contributed by atoms with Crippen molar-refractivity contribution in [1.29, 1.82) is 0 Å². The van der Waals surface area contributed by atoms with Crippen molar-refractivity contribution in [3.63, 3.8) is 0 Å². The van der Waals surface area contributed by atoms with Gasteiger partial charge in [0.1, 0.15) is 0 Å². The summed E-state index contributed by atoms with van der Waals surface area (Å²) in [4.78, 5) is 4.90. The number of hydrogen-bond acceptors (Lipinski definition) is 3. The summed E-state index contributed by atoms with van der Waals surface area (Å²) in [6.45, 7) is 3.46. The Balaban J connectivity index is 1.75. The van der Waals surface area contributed by atoms with Crippen LogP contribution in [-0.4, -0.2) is 49.6 Å². The van der Waals surface area contributed by atoms with Crippen LogP contribution in [0.15, 0.2) is 28.7 Å². The molecule has 0 amide bonds. The summed E-state index contributed by atoms with van der Waals surface area (Å²) in [5.41, 5.74) is 7.50. The zero-order valence-electron chi connectivity index (χ0n) is 12.6. The molecule has 1 heterocycles. The Hall–Kier alpha value is -0.420. The normalized spacial score (nSPS) is 21.6. The van der Waals surface area contributed by atoms with Crippen LogP contribution in [0.2, 0.25) is 0 Å². The molecule has 0 aliphatic carbocycles. The summed E-state index contributed by atoms with van der Waals surface area (Å²) in [6, 6.07) is 9.20. The van der Waals surface area contributed by atoms with Gasteiger partial charge in [0.15, 0.2) is 0 Å². The van der Waals surface area contributed by atoms with Gasteiger partial charge in [-0.25, -0.2) is 0 Å². The first-order chi connectivity index (χ1) is 9.56. The molecule has 0 radical (unpaired) electrons. The van der Waals surface area contributed by atoms with Crippen LogP contribution >= 0.6 is 15.9 Å². The number of halogens is 1. The summed E-state index contributed by atoms with van der Waals surface area (Å²) in [5.74, 6) is 0. The average molecular weight is 340 g/mol. The van der Waals surface area contributed by atoms with E-state index in [1.807, 2.05) is 0 Å². The topological polar surface area (TPSA) is 32.5 Å². The molecule has 2 atom stereocenters. The Morgan fingerprint density at radius 3 is 2.70 bits per heavy atom. The fraction of sp³-hybridized carbons (Fsp3) is 0.625. The average Bonchev–Trinajstić information content (AvgIpc) is 2.82. The third-order valence-electron chi connectivity index (χ3n) is 4.31. The fourth-order valence-corrected chi connectivity index (χ4v) is 3.16. The van der Waals surface area contributed by atoms with E-state index in [1.165, 1.54) is 24.9 Å². The van der Waals surface area contributed by atoms with Crippen molar-refractivity contribution in [2.24, 2.45) is 5.73 Å². The molecule has 0 aromatic heterocycles. The van der Waals surface area contributed by atoms with E-state index < -0.39 is 0 Å². The van der Waals surface area contributed by atoms with E-state index in [9.17, 15) is 0 Å². The van der Waals surface area contributed by atoms with E-state index >= 15 is 0 Å². The zero-order valence-corrected chi connectivity index (χ0v) is 14.1. The van der Waals surface area contributed by atoms with Gasteiger partial charge in [-0.2, -0.15) is 0 Å². The summed E-state index contributed by atoms with van der Waals surface area (Å²) in [7, 11) is 4.44. The number of nitrogens with zero attached hydrogens (tertiary/aromatic N) is 2.